The van der Waals surface area contributed by atoms with E-state index in [0.717, 1.165) is 5.56 Å². The summed E-state index contributed by atoms with van der Waals surface area (Å²) in [5, 5.41) is 3.13. The van der Waals surface area contributed by atoms with Gasteiger partial charge in [-0.15, -0.1) is 0 Å². The molecule has 0 aliphatic carbocycles. The van der Waals surface area contributed by atoms with E-state index in [1.54, 1.807) is 36.4 Å². The van der Waals surface area contributed by atoms with Crippen LogP contribution in [0.1, 0.15) is 36.7 Å². The monoisotopic (exact) mass is 361 g/mol. The molecule has 0 atom stereocenters. The molecule has 0 heterocycles. The first-order valence-electron chi connectivity index (χ1n) is 7.91. The number of esters is 1. The summed E-state index contributed by atoms with van der Waals surface area (Å²) in [5.41, 5.74) is 1.43. The number of rotatable bonds is 5. The molecule has 2 rings (SSSR count). The maximum absolute atomic E-state index is 12.0. The fourth-order valence-electron chi connectivity index (χ4n) is 2.23. The fourth-order valence-corrected chi connectivity index (χ4v) is 3.09. The molecule has 5 nitrogen and oxygen atoms in total. The van der Waals surface area contributed by atoms with Crippen molar-refractivity contribution in [2.45, 2.75) is 37.8 Å². The number of sulfone groups is 1. The molecule has 0 aromatic heterocycles. The van der Waals surface area contributed by atoms with Crippen LogP contribution in [0, 0.1) is 0 Å². The lowest BCUT2D eigenvalue weighted by Crippen LogP contribution is -2.23. The van der Waals surface area contributed by atoms with E-state index in [1.165, 1.54) is 6.26 Å². The maximum atomic E-state index is 12.0. The standard InChI is InChI=1S/C19H23NO4S/c1-19(2,3)24-18(21)15-11-9-14(10-12-15)13-20-16-7-5-6-8-17(16)25(4,22)23/h5-12,20H,13H2,1-4H3. The van der Waals surface area contributed by atoms with Crippen molar-refractivity contribution in [3.63, 3.8) is 0 Å². The van der Waals surface area contributed by atoms with Gasteiger partial charge in [0.15, 0.2) is 9.84 Å². The first kappa shape index (κ1) is 19.0. The molecular weight excluding hydrogens is 338 g/mol. The van der Waals surface area contributed by atoms with E-state index in [9.17, 15) is 13.2 Å². The number of carbonyl (C=O) groups is 1. The van der Waals surface area contributed by atoms with Crippen LogP contribution in [0.4, 0.5) is 5.69 Å². The highest BCUT2D eigenvalue weighted by molar-refractivity contribution is 7.90. The van der Waals surface area contributed by atoms with Crippen molar-refractivity contribution in [1.29, 1.82) is 0 Å². The summed E-state index contributed by atoms with van der Waals surface area (Å²) in [6.45, 7) is 5.91. The van der Waals surface area contributed by atoms with Gasteiger partial charge in [-0.2, -0.15) is 0 Å². The number of hydrogen-bond acceptors (Lipinski definition) is 5. The zero-order valence-corrected chi connectivity index (χ0v) is 15.7. The average molecular weight is 361 g/mol. The van der Waals surface area contributed by atoms with Crippen molar-refractivity contribution in [2.75, 3.05) is 11.6 Å². The first-order valence-corrected chi connectivity index (χ1v) is 9.81. The van der Waals surface area contributed by atoms with Gasteiger partial charge in [0.05, 0.1) is 16.1 Å². The second-order valence-corrected chi connectivity index (χ2v) is 8.80. The lowest BCUT2D eigenvalue weighted by atomic mass is 10.1. The highest BCUT2D eigenvalue weighted by Gasteiger charge is 2.17. The Morgan fingerprint density at radius 3 is 2.20 bits per heavy atom. The molecule has 0 radical (unpaired) electrons. The number of hydrogen-bond donors (Lipinski definition) is 1. The molecule has 0 bridgehead atoms. The highest BCUT2D eigenvalue weighted by atomic mass is 32.2. The Hall–Kier alpha value is -2.34. The number of carbonyl (C=O) groups excluding carboxylic acids is 1. The van der Waals surface area contributed by atoms with Crippen LogP contribution in [0.3, 0.4) is 0 Å². The van der Waals surface area contributed by atoms with Crippen LogP contribution in [-0.2, 0) is 21.1 Å². The topological polar surface area (TPSA) is 72.5 Å². The molecule has 0 aliphatic heterocycles. The van der Waals surface area contributed by atoms with Gasteiger partial charge in [-0.25, -0.2) is 13.2 Å². The highest BCUT2D eigenvalue weighted by Crippen LogP contribution is 2.21. The minimum absolute atomic E-state index is 0.264. The van der Waals surface area contributed by atoms with Crippen LogP contribution in [0.5, 0.6) is 0 Å². The third-order valence-corrected chi connectivity index (χ3v) is 4.51. The molecule has 0 fully saturated rings. The number of nitrogens with one attached hydrogen (secondary N) is 1. The van der Waals surface area contributed by atoms with E-state index in [-0.39, 0.29) is 10.9 Å². The second-order valence-electron chi connectivity index (χ2n) is 6.82. The van der Waals surface area contributed by atoms with E-state index < -0.39 is 15.4 Å². The third-order valence-electron chi connectivity index (χ3n) is 3.36. The third kappa shape index (κ3) is 5.60. The van der Waals surface area contributed by atoms with E-state index >= 15 is 0 Å². The summed E-state index contributed by atoms with van der Waals surface area (Å²) in [6.07, 6.45) is 1.18. The zero-order chi connectivity index (χ0) is 18.7. The van der Waals surface area contributed by atoms with Crippen molar-refractivity contribution < 1.29 is 17.9 Å². The van der Waals surface area contributed by atoms with Crippen LogP contribution in [0.2, 0.25) is 0 Å². The summed E-state index contributed by atoms with van der Waals surface area (Å²) < 4.78 is 28.9. The van der Waals surface area contributed by atoms with Crippen LogP contribution in [0.25, 0.3) is 0 Å². The van der Waals surface area contributed by atoms with Crippen molar-refractivity contribution in [3.8, 4) is 0 Å². The molecule has 0 saturated carbocycles. The van der Waals surface area contributed by atoms with Gasteiger partial charge in [-0.05, 0) is 50.6 Å². The van der Waals surface area contributed by atoms with Gasteiger partial charge in [0, 0.05) is 12.8 Å². The van der Waals surface area contributed by atoms with Gasteiger partial charge in [0.1, 0.15) is 5.60 Å². The molecule has 0 unspecified atom stereocenters. The van der Waals surface area contributed by atoms with Gasteiger partial charge >= 0.3 is 5.97 Å². The number of ether oxygens (including phenoxy) is 1. The van der Waals surface area contributed by atoms with Gasteiger partial charge in [-0.3, -0.25) is 0 Å². The fraction of sp³-hybridized carbons (Fsp3) is 0.316. The predicted molar refractivity (Wildman–Crippen MR) is 98.5 cm³/mol. The van der Waals surface area contributed by atoms with Crippen LogP contribution in [-0.4, -0.2) is 26.2 Å². The Labute approximate surface area is 148 Å². The summed E-state index contributed by atoms with van der Waals surface area (Å²) in [4.78, 5) is 12.3. The average Bonchev–Trinajstić information content (AvgIpc) is 2.51. The van der Waals surface area contributed by atoms with Crippen LogP contribution < -0.4 is 5.32 Å². The lowest BCUT2D eigenvalue weighted by molar-refractivity contribution is 0.00695. The summed E-state index contributed by atoms with van der Waals surface area (Å²) in [5.74, 6) is -0.366. The smallest absolute Gasteiger partial charge is 0.338 e. The molecule has 25 heavy (non-hydrogen) atoms. The van der Waals surface area contributed by atoms with Gasteiger partial charge in [-0.1, -0.05) is 24.3 Å². The Kier molecular flexibility index (Phi) is 5.52. The Balaban J connectivity index is 2.07. The normalized spacial score (nSPS) is 11.8. The van der Waals surface area contributed by atoms with E-state index in [4.69, 9.17) is 4.74 Å². The molecule has 6 heteroatoms. The molecule has 0 amide bonds. The molecule has 1 N–H and O–H groups in total. The Morgan fingerprint density at radius 2 is 1.64 bits per heavy atom. The molecule has 0 saturated heterocycles. The largest absolute Gasteiger partial charge is 0.456 e. The second kappa shape index (κ2) is 7.27. The zero-order valence-electron chi connectivity index (χ0n) is 14.9. The SMILES string of the molecule is CC(C)(C)OC(=O)c1ccc(CNc2ccccc2S(C)(=O)=O)cc1. The van der Waals surface area contributed by atoms with Crippen molar-refractivity contribution in [2.24, 2.45) is 0 Å². The van der Waals surface area contributed by atoms with E-state index in [1.807, 2.05) is 32.9 Å². The van der Waals surface area contributed by atoms with Crippen LogP contribution >= 0.6 is 0 Å². The Morgan fingerprint density at radius 1 is 1.04 bits per heavy atom. The lowest BCUT2D eigenvalue weighted by Gasteiger charge is -2.19. The minimum Gasteiger partial charge on any atom is -0.456 e. The van der Waals surface area contributed by atoms with E-state index in [2.05, 4.69) is 5.32 Å². The number of benzene rings is 2. The molecule has 2 aromatic carbocycles. The molecule has 134 valence electrons. The maximum Gasteiger partial charge on any atom is 0.338 e. The quantitative estimate of drug-likeness (QED) is 0.823. The van der Waals surface area contributed by atoms with Crippen molar-refractivity contribution in [1.82, 2.24) is 0 Å². The van der Waals surface area contributed by atoms with Gasteiger partial charge < -0.3 is 10.1 Å². The molecule has 0 spiro atoms. The summed E-state index contributed by atoms with van der Waals surface area (Å²) in [6, 6.07) is 13.8. The first-order chi connectivity index (χ1) is 11.6. The molecular formula is C19H23NO4S. The number of para-hydroxylation sites is 1. The van der Waals surface area contributed by atoms with Crippen molar-refractivity contribution in [3.05, 3.63) is 59.7 Å². The van der Waals surface area contributed by atoms with Gasteiger partial charge in [0.25, 0.3) is 0 Å². The summed E-state index contributed by atoms with van der Waals surface area (Å²) in [7, 11) is -3.30. The number of anilines is 1. The molecule has 0 aliphatic rings. The van der Waals surface area contributed by atoms with Crippen molar-refractivity contribution >= 4 is 21.5 Å². The summed E-state index contributed by atoms with van der Waals surface area (Å²) >= 11 is 0. The van der Waals surface area contributed by atoms with Gasteiger partial charge in [0.2, 0.25) is 0 Å². The van der Waals surface area contributed by atoms with E-state index in [0.29, 0.717) is 17.8 Å². The predicted octanol–water partition coefficient (Wildman–Crippen LogP) is 3.66. The van der Waals surface area contributed by atoms with Crippen LogP contribution in [0.15, 0.2) is 53.4 Å². The minimum atomic E-state index is -3.30. The Bertz CT molecular complexity index is 850. The molecule has 2 aromatic rings.